The maximum absolute atomic E-state index is 13.0. The number of alkyl halides is 3. The molecule has 2 N–H and O–H groups in total. The van der Waals surface area contributed by atoms with Gasteiger partial charge < -0.3 is 15.4 Å². The van der Waals surface area contributed by atoms with E-state index in [0.29, 0.717) is 31.8 Å². The normalized spacial score (nSPS) is 11.8. The number of hydrogen-bond donors (Lipinski definition) is 2. The zero-order chi connectivity index (χ0) is 16.6. The number of aliphatic imine (C=N–C) groups is 1. The van der Waals surface area contributed by atoms with Crippen molar-refractivity contribution in [3.8, 4) is 0 Å². The summed E-state index contributed by atoms with van der Waals surface area (Å²) in [6, 6.07) is 2.60. The molecule has 0 amide bonds. The molecule has 0 unspecified atom stereocenters. The lowest BCUT2D eigenvalue weighted by atomic mass is 10.1. The van der Waals surface area contributed by atoms with Gasteiger partial charge >= 0.3 is 6.18 Å². The van der Waals surface area contributed by atoms with Crippen molar-refractivity contribution in [1.29, 1.82) is 0 Å². The monoisotopic (exact) mass is 449 g/mol. The van der Waals surface area contributed by atoms with Crippen molar-refractivity contribution in [2.45, 2.75) is 19.6 Å². The van der Waals surface area contributed by atoms with E-state index >= 15 is 0 Å². The molecule has 0 aliphatic carbocycles. The number of hydrogen-bond acceptors (Lipinski definition) is 2. The standard InChI is InChI=1S/C14H19F4N3O.HI/c1-3-22-7-6-20-13(19-2)21-9-10-4-5-11(15)8-12(10)14(16,17)18;/h4-5,8H,3,6-7,9H2,1-2H3,(H2,19,20,21);1H. The van der Waals surface area contributed by atoms with Gasteiger partial charge in [-0.3, -0.25) is 4.99 Å². The molecule has 1 aromatic carbocycles. The molecule has 0 fully saturated rings. The molecule has 0 aromatic heterocycles. The van der Waals surface area contributed by atoms with Gasteiger partial charge in [0.1, 0.15) is 5.82 Å². The van der Waals surface area contributed by atoms with Crippen molar-refractivity contribution in [2.24, 2.45) is 4.99 Å². The predicted octanol–water partition coefficient (Wildman–Crippen LogP) is 3.16. The average molecular weight is 449 g/mol. The molecule has 0 aliphatic rings. The van der Waals surface area contributed by atoms with Crippen LogP contribution in [0, 0.1) is 5.82 Å². The highest BCUT2D eigenvalue weighted by molar-refractivity contribution is 14.0. The minimum Gasteiger partial charge on any atom is -0.380 e. The second-order valence-corrected chi connectivity index (χ2v) is 4.35. The molecule has 23 heavy (non-hydrogen) atoms. The number of nitrogens with one attached hydrogen (secondary N) is 2. The average Bonchev–Trinajstić information content (AvgIpc) is 2.46. The fourth-order valence-electron chi connectivity index (χ4n) is 1.75. The van der Waals surface area contributed by atoms with E-state index in [1.165, 1.54) is 7.05 Å². The van der Waals surface area contributed by atoms with Crippen LogP contribution in [0.4, 0.5) is 17.6 Å². The quantitative estimate of drug-likeness (QED) is 0.231. The molecule has 0 heterocycles. The molecule has 0 aliphatic heterocycles. The summed E-state index contributed by atoms with van der Waals surface area (Å²) in [5.74, 6) is -0.576. The summed E-state index contributed by atoms with van der Waals surface area (Å²) in [7, 11) is 1.51. The summed E-state index contributed by atoms with van der Waals surface area (Å²) in [4.78, 5) is 3.89. The second kappa shape index (κ2) is 10.6. The third-order valence-corrected chi connectivity index (χ3v) is 2.79. The van der Waals surface area contributed by atoms with Crippen LogP contribution in [0.2, 0.25) is 0 Å². The molecule has 1 aromatic rings. The van der Waals surface area contributed by atoms with Crippen LogP contribution in [-0.2, 0) is 17.5 Å². The van der Waals surface area contributed by atoms with Crippen molar-refractivity contribution in [2.75, 3.05) is 26.8 Å². The molecule has 1 rings (SSSR count). The molecule has 0 radical (unpaired) electrons. The summed E-state index contributed by atoms with van der Waals surface area (Å²) >= 11 is 0. The fourth-order valence-corrected chi connectivity index (χ4v) is 1.75. The van der Waals surface area contributed by atoms with Crippen LogP contribution < -0.4 is 10.6 Å². The van der Waals surface area contributed by atoms with Gasteiger partial charge in [-0.05, 0) is 24.6 Å². The van der Waals surface area contributed by atoms with Crippen molar-refractivity contribution < 1.29 is 22.3 Å². The minimum atomic E-state index is -4.61. The van der Waals surface area contributed by atoms with E-state index in [2.05, 4.69) is 15.6 Å². The van der Waals surface area contributed by atoms with Gasteiger partial charge in [0.25, 0.3) is 0 Å². The molecular formula is C14H20F4IN3O. The molecular weight excluding hydrogens is 429 g/mol. The number of halogens is 5. The Labute approximate surface area is 149 Å². The third kappa shape index (κ3) is 7.82. The molecule has 0 spiro atoms. The Bertz CT molecular complexity index is 509. The number of nitrogens with zero attached hydrogens (tertiary/aromatic N) is 1. The minimum absolute atomic E-state index is 0. The molecule has 132 valence electrons. The smallest absolute Gasteiger partial charge is 0.380 e. The van der Waals surface area contributed by atoms with E-state index in [9.17, 15) is 17.6 Å². The first kappa shape index (κ1) is 21.9. The molecule has 4 nitrogen and oxygen atoms in total. The second-order valence-electron chi connectivity index (χ2n) is 4.35. The van der Waals surface area contributed by atoms with Gasteiger partial charge in [-0.25, -0.2) is 4.39 Å². The Kier molecular flexibility index (Phi) is 10.1. The Balaban J connectivity index is 0.00000484. The van der Waals surface area contributed by atoms with Crippen LogP contribution in [0.25, 0.3) is 0 Å². The zero-order valence-electron chi connectivity index (χ0n) is 12.8. The number of guanidine groups is 1. The number of rotatable bonds is 6. The topological polar surface area (TPSA) is 45.6 Å². The lowest BCUT2D eigenvalue weighted by Gasteiger charge is -2.16. The van der Waals surface area contributed by atoms with Gasteiger partial charge in [-0.2, -0.15) is 13.2 Å². The van der Waals surface area contributed by atoms with Gasteiger partial charge in [0.05, 0.1) is 12.2 Å². The lowest BCUT2D eigenvalue weighted by molar-refractivity contribution is -0.138. The highest BCUT2D eigenvalue weighted by Crippen LogP contribution is 2.32. The van der Waals surface area contributed by atoms with E-state index in [-0.39, 0.29) is 36.1 Å². The van der Waals surface area contributed by atoms with Gasteiger partial charge in [0, 0.05) is 26.7 Å². The predicted molar refractivity (Wildman–Crippen MR) is 91.5 cm³/mol. The van der Waals surface area contributed by atoms with E-state index < -0.39 is 17.6 Å². The van der Waals surface area contributed by atoms with Crippen molar-refractivity contribution >= 4 is 29.9 Å². The highest BCUT2D eigenvalue weighted by Gasteiger charge is 2.33. The SMILES string of the molecule is CCOCCNC(=NC)NCc1ccc(F)cc1C(F)(F)F.I. The van der Waals surface area contributed by atoms with Crippen molar-refractivity contribution in [1.82, 2.24) is 10.6 Å². The Morgan fingerprint density at radius 3 is 2.52 bits per heavy atom. The maximum atomic E-state index is 13.0. The summed E-state index contributed by atoms with van der Waals surface area (Å²) < 4.78 is 56.7. The molecule has 0 atom stereocenters. The van der Waals surface area contributed by atoms with E-state index in [1.807, 2.05) is 6.92 Å². The van der Waals surface area contributed by atoms with Crippen molar-refractivity contribution in [3.05, 3.63) is 35.1 Å². The first-order valence-corrected chi connectivity index (χ1v) is 6.76. The first-order chi connectivity index (χ1) is 10.4. The van der Waals surface area contributed by atoms with Crippen LogP contribution in [0.5, 0.6) is 0 Å². The van der Waals surface area contributed by atoms with Crippen LogP contribution in [0.1, 0.15) is 18.1 Å². The van der Waals surface area contributed by atoms with Gasteiger partial charge in [-0.1, -0.05) is 6.07 Å². The van der Waals surface area contributed by atoms with Crippen LogP contribution in [0.15, 0.2) is 23.2 Å². The fraction of sp³-hybridized carbons (Fsp3) is 0.500. The Morgan fingerprint density at radius 2 is 1.96 bits per heavy atom. The number of ether oxygens (including phenoxy) is 1. The van der Waals surface area contributed by atoms with Crippen LogP contribution in [-0.4, -0.2) is 32.8 Å². The van der Waals surface area contributed by atoms with Gasteiger partial charge in [0.15, 0.2) is 5.96 Å². The molecule has 9 heteroatoms. The van der Waals surface area contributed by atoms with E-state index in [1.54, 1.807) is 0 Å². The zero-order valence-corrected chi connectivity index (χ0v) is 15.2. The Morgan fingerprint density at radius 1 is 1.26 bits per heavy atom. The number of benzene rings is 1. The third-order valence-electron chi connectivity index (χ3n) is 2.79. The molecule has 0 saturated heterocycles. The van der Waals surface area contributed by atoms with Gasteiger partial charge in [0.2, 0.25) is 0 Å². The van der Waals surface area contributed by atoms with Crippen LogP contribution in [0.3, 0.4) is 0 Å². The Hall–Kier alpha value is -1.10. The summed E-state index contributed by atoms with van der Waals surface area (Å²) in [6.07, 6.45) is -4.61. The first-order valence-electron chi connectivity index (χ1n) is 6.76. The van der Waals surface area contributed by atoms with Gasteiger partial charge in [-0.15, -0.1) is 24.0 Å². The summed E-state index contributed by atoms with van der Waals surface area (Å²) in [5, 5.41) is 5.66. The molecule has 0 saturated carbocycles. The largest absolute Gasteiger partial charge is 0.416 e. The summed E-state index contributed by atoms with van der Waals surface area (Å²) in [5.41, 5.74) is -1.05. The summed E-state index contributed by atoms with van der Waals surface area (Å²) in [6.45, 7) is 3.26. The lowest BCUT2D eigenvalue weighted by Crippen LogP contribution is -2.38. The van der Waals surface area contributed by atoms with Crippen LogP contribution >= 0.6 is 24.0 Å². The molecule has 0 bridgehead atoms. The van der Waals surface area contributed by atoms with Crippen molar-refractivity contribution in [3.63, 3.8) is 0 Å². The van der Waals surface area contributed by atoms with E-state index in [4.69, 9.17) is 4.74 Å². The van der Waals surface area contributed by atoms with E-state index in [0.717, 1.165) is 12.1 Å². The highest BCUT2D eigenvalue weighted by atomic mass is 127. The maximum Gasteiger partial charge on any atom is 0.416 e.